The van der Waals surface area contributed by atoms with Crippen molar-refractivity contribution in [2.45, 2.75) is 13.0 Å². The molecule has 4 aromatic carbocycles. The van der Waals surface area contributed by atoms with Gasteiger partial charge in [-0.25, -0.2) is 4.79 Å². The third kappa shape index (κ3) is 5.70. The molecule has 6 rings (SSSR count). The zero-order chi connectivity index (χ0) is 28.2. The minimum absolute atomic E-state index is 0.0760. The predicted molar refractivity (Wildman–Crippen MR) is 157 cm³/mol. The maximum atomic E-state index is 14.0. The first kappa shape index (κ1) is 26.0. The molecule has 6 aromatic rings. The second-order valence-electron chi connectivity index (χ2n) is 9.31. The first-order valence-corrected chi connectivity index (χ1v) is 13.5. The quantitative estimate of drug-likeness (QED) is 0.165. The van der Waals surface area contributed by atoms with E-state index >= 15 is 0 Å². The maximum absolute atomic E-state index is 14.0. The van der Waals surface area contributed by atoms with Crippen LogP contribution in [0.15, 0.2) is 109 Å². The van der Waals surface area contributed by atoms with Crippen LogP contribution in [0.2, 0.25) is 0 Å². The fourth-order valence-corrected chi connectivity index (χ4v) is 5.10. The second kappa shape index (κ2) is 11.4. The number of carbonyl (C=O) groups excluding carboxylic acids is 1. The third-order valence-electron chi connectivity index (χ3n) is 6.61. The summed E-state index contributed by atoms with van der Waals surface area (Å²) in [6.07, 6.45) is 3.28. The van der Waals surface area contributed by atoms with E-state index in [0.717, 1.165) is 22.9 Å². The van der Waals surface area contributed by atoms with Gasteiger partial charge in [-0.1, -0.05) is 42.5 Å². The van der Waals surface area contributed by atoms with Crippen molar-refractivity contribution in [1.29, 1.82) is 0 Å². The number of benzene rings is 4. The summed E-state index contributed by atoms with van der Waals surface area (Å²) in [6.45, 7) is 0.390. The van der Waals surface area contributed by atoms with Crippen LogP contribution < -0.4 is 4.74 Å². The van der Waals surface area contributed by atoms with Gasteiger partial charge in [0.1, 0.15) is 23.4 Å². The lowest BCUT2D eigenvalue weighted by Crippen LogP contribution is -2.14. The number of hydrogen-bond donors (Lipinski definition) is 1. The zero-order valence-corrected chi connectivity index (χ0v) is 22.4. The molecule has 0 aliphatic carbocycles. The van der Waals surface area contributed by atoms with Gasteiger partial charge in [-0.15, -0.1) is 0 Å². The van der Waals surface area contributed by atoms with Crippen molar-refractivity contribution in [3.8, 4) is 5.75 Å². The molecule has 200 valence electrons. The highest BCUT2D eigenvalue weighted by Gasteiger charge is 2.24. The molecule has 0 bridgehead atoms. The number of carboxylic acid groups (broad SMARTS) is 1. The number of carboxylic acids is 1. The Hall–Kier alpha value is -5.28. The summed E-state index contributed by atoms with van der Waals surface area (Å²) in [5.74, 6) is -1.00. The number of aromatic nitrogens is 4. The maximum Gasteiger partial charge on any atom is 0.336 e. The fourth-order valence-electron chi connectivity index (χ4n) is 4.59. The Bertz CT molecular complexity index is 1920. The summed E-state index contributed by atoms with van der Waals surface area (Å²) in [7, 11) is 0. The van der Waals surface area contributed by atoms with E-state index < -0.39 is 11.8 Å². The summed E-state index contributed by atoms with van der Waals surface area (Å²) < 4.78 is 14.3. The van der Waals surface area contributed by atoms with Crippen LogP contribution in [0, 0.1) is 0 Å². The molecule has 0 saturated carbocycles. The fraction of sp³-hybridized carbons (Fsp3) is 0.0625. The first-order valence-electron chi connectivity index (χ1n) is 12.8. The lowest BCUT2D eigenvalue weighted by molar-refractivity contribution is -0.130. The van der Waals surface area contributed by atoms with Gasteiger partial charge in [-0.05, 0) is 65.2 Å². The standard InChI is InChI=1S/C32H22N4O4S/c37-31(22-7-10-24(11-8-22)40-19-20-4-2-1-3-5-20)25(16-21-6-12-26-28(17-21)34-15-14-33-26)30(32(38)39)23-9-13-27-29(18-23)36-41-35-27/h1-15,17-18H,16,19H2,(H,38,39). The van der Waals surface area contributed by atoms with E-state index in [0.29, 0.717) is 45.6 Å². The summed E-state index contributed by atoms with van der Waals surface area (Å²) in [4.78, 5) is 35.4. The van der Waals surface area contributed by atoms with Crippen LogP contribution >= 0.6 is 11.7 Å². The summed E-state index contributed by atoms with van der Waals surface area (Å²) >= 11 is 1.05. The molecule has 0 saturated heterocycles. The van der Waals surface area contributed by atoms with Crippen molar-refractivity contribution in [2.75, 3.05) is 0 Å². The minimum atomic E-state index is -1.21. The molecule has 8 nitrogen and oxygen atoms in total. The lowest BCUT2D eigenvalue weighted by Gasteiger charge is -2.14. The smallest absolute Gasteiger partial charge is 0.336 e. The number of aliphatic carboxylic acids is 1. The van der Waals surface area contributed by atoms with Gasteiger partial charge in [0.2, 0.25) is 0 Å². The Kier molecular flexibility index (Phi) is 7.25. The van der Waals surface area contributed by atoms with E-state index in [2.05, 4.69) is 18.7 Å². The molecule has 0 radical (unpaired) electrons. The van der Waals surface area contributed by atoms with Crippen molar-refractivity contribution in [3.05, 3.63) is 131 Å². The Morgan fingerprint density at radius 1 is 0.707 bits per heavy atom. The molecule has 0 aliphatic heterocycles. The molecule has 0 unspecified atom stereocenters. The van der Waals surface area contributed by atoms with Crippen LogP contribution in [0.5, 0.6) is 5.75 Å². The van der Waals surface area contributed by atoms with Gasteiger partial charge in [-0.3, -0.25) is 14.8 Å². The van der Waals surface area contributed by atoms with E-state index in [-0.39, 0.29) is 17.6 Å². The average molecular weight is 559 g/mol. The van der Waals surface area contributed by atoms with Crippen molar-refractivity contribution >= 4 is 51.1 Å². The van der Waals surface area contributed by atoms with E-state index in [1.807, 2.05) is 48.5 Å². The molecule has 0 fully saturated rings. The third-order valence-corrected chi connectivity index (χ3v) is 7.17. The van der Waals surface area contributed by atoms with Gasteiger partial charge in [0.25, 0.3) is 0 Å². The monoisotopic (exact) mass is 558 g/mol. The van der Waals surface area contributed by atoms with Crippen molar-refractivity contribution in [1.82, 2.24) is 18.7 Å². The average Bonchev–Trinajstić information content (AvgIpc) is 3.48. The summed E-state index contributed by atoms with van der Waals surface area (Å²) in [6, 6.07) is 27.0. The van der Waals surface area contributed by atoms with Crippen molar-refractivity contribution < 1.29 is 19.4 Å². The molecule has 41 heavy (non-hydrogen) atoms. The lowest BCUT2D eigenvalue weighted by atomic mass is 9.89. The highest BCUT2D eigenvalue weighted by molar-refractivity contribution is 7.00. The highest BCUT2D eigenvalue weighted by Crippen LogP contribution is 2.29. The van der Waals surface area contributed by atoms with Crippen LogP contribution in [0.1, 0.15) is 27.0 Å². The summed E-state index contributed by atoms with van der Waals surface area (Å²) in [5.41, 5.74) is 5.13. The number of Topliss-reactive ketones (excluding diaryl/α,β-unsaturated/α-hetero) is 1. The number of rotatable bonds is 9. The molecular formula is C32H22N4O4S. The zero-order valence-electron chi connectivity index (χ0n) is 21.6. The van der Waals surface area contributed by atoms with E-state index in [9.17, 15) is 14.7 Å². The topological polar surface area (TPSA) is 115 Å². The largest absolute Gasteiger partial charge is 0.489 e. The Morgan fingerprint density at radius 3 is 2.20 bits per heavy atom. The van der Waals surface area contributed by atoms with E-state index in [4.69, 9.17) is 4.74 Å². The Balaban J connectivity index is 1.39. The van der Waals surface area contributed by atoms with Gasteiger partial charge >= 0.3 is 5.97 Å². The molecule has 0 amide bonds. The van der Waals surface area contributed by atoms with Crippen LogP contribution in [0.4, 0.5) is 0 Å². The van der Waals surface area contributed by atoms with Crippen LogP contribution in [-0.4, -0.2) is 35.6 Å². The predicted octanol–water partition coefficient (Wildman–Crippen LogP) is 6.18. The molecule has 0 spiro atoms. The van der Waals surface area contributed by atoms with Gasteiger partial charge in [0.05, 0.1) is 28.3 Å². The van der Waals surface area contributed by atoms with E-state index in [1.54, 1.807) is 54.9 Å². The molecule has 9 heteroatoms. The number of fused-ring (bicyclic) bond motifs is 2. The molecule has 2 heterocycles. The van der Waals surface area contributed by atoms with Crippen LogP contribution in [-0.2, 0) is 17.8 Å². The van der Waals surface area contributed by atoms with Crippen molar-refractivity contribution in [3.63, 3.8) is 0 Å². The normalized spacial score (nSPS) is 11.8. The van der Waals surface area contributed by atoms with Crippen LogP contribution in [0.3, 0.4) is 0 Å². The Labute approximate surface area is 238 Å². The molecular weight excluding hydrogens is 536 g/mol. The SMILES string of the molecule is O=C(O)C(=C(Cc1ccc2nccnc2c1)C(=O)c1ccc(OCc2ccccc2)cc1)c1ccc2nsnc2c1. The summed E-state index contributed by atoms with van der Waals surface area (Å²) in [5, 5.41) is 10.4. The van der Waals surface area contributed by atoms with Crippen LogP contribution in [0.25, 0.3) is 27.6 Å². The van der Waals surface area contributed by atoms with Gasteiger partial charge in [0.15, 0.2) is 5.78 Å². The number of ether oxygens (including phenoxy) is 1. The number of allylic oxidation sites excluding steroid dienone is 1. The van der Waals surface area contributed by atoms with Crippen molar-refractivity contribution in [2.24, 2.45) is 0 Å². The Morgan fingerprint density at radius 2 is 1.41 bits per heavy atom. The van der Waals surface area contributed by atoms with Gasteiger partial charge in [-0.2, -0.15) is 8.75 Å². The number of ketones is 1. The molecule has 0 aliphatic rings. The molecule has 1 N–H and O–H groups in total. The first-order chi connectivity index (χ1) is 20.0. The van der Waals surface area contributed by atoms with Gasteiger partial charge in [0, 0.05) is 30.0 Å². The van der Waals surface area contributed by atoms with Gasteiger partial charge < -0.3 is 9.84 Å². The van der Waals surface area contributed by atoms with E-state index in [1.165, 1.54) is 0 Å². The number of nitrogens with zero attached hydrogens (tertiary/aromatic N) is 4. The molecule has 2 aromatic heterocycles. The second-order valence-corrected chi connectivity index (χ2v) is 9.84. The number of hydrogen-bond acceptors (Lipinski definition) is 8. The molecule has 0 atom stereocenters. The number of carbonyl (C=O) groups is 2. The highest BCUT2D eigenvalue weighted by atomic mass is 32.1. The minimum Gasteiger partial charge on any atom is -0.489 e.